The third-order valence-electron chi connectivity index (χ3n) is 6.54. The highest BCUT2D eigenvalue weighted by atomic mass is 16.7. The van der Waals surface area contributed by atoms with Crippen molar-refractivity contribution in [2.75, 3.05) is 19.9 Å². The van der Waals surface area contributed by atoms with Crippen LogP contribution in [0.5, 0.6) is 11.5 Å². The lowest BCUT2D eigenvalue weighted by Crippen LogP contribution is -2.82. The van der Waals surface area contributed by atoms with Crippen LogP contribution in [-0.4, -0.2) is 25.5 Å². The standard InChI is InChI=1S/C26H35NO3/c1-26(2)17-23(12-14-30-26)22(15-20-7-4-3-5-8-20)9-6-13-27-18-21-10-11-24-25(16-21)29-19-28-24/h3-5,7-8,10-11,16,22-23,27H,6,9,12-15,17-19H2,1-2H3/p+1/t22-,23-/m0/s1. The Hall–Kier alpha value is -2.04. The molecule has 30 heavy (non-hydrogen) atoms. The molecule has 1 saturated heterocycles. The summed E-state index contributed by atoms with van der Waals surface area (Å²) in [4.78, 5) is 0. The first-order chi connectivity index (χ1) is 14.6. The topological polar surface area (TPSA) is 44.3 Å². The van der Waals surface area contributed by atoms with Gasteiger partial charge in [0, 0.05) is 12.2 Å². The predicted molar refractivity (Wildman–Crippen MR) is 119 cm³/mol. The maximum absolute atomic E-state index is 5.99. The van der Waals surface area contributed by atoms with Crippen molar-refractivity contribution in [3.8, 4) is 11.5 Å². The smallest absolute Gasteiger partial charge is 0.231 e. The van der Waals surface area contributed by atoms with Crippen molar-refractivity contribution in [3.05, 3.63) is 59.7 Å². The third-order valence-corrected chi connectivity index (χ3v) is 6.54. The van der Waals surface area contributed by atoms with Crippen LogP contribution in [0, 0.1) is 11.8 Å². The second kappa shape index (κ2) is 9.84. The van der Waals surface area contributed by atoms with Crippen LogP contribution in [0.1, 0.15) is 50.7 Å². The Balaban J connectivity index is 1.28. The number of benzene rings is 2. The predicted octanol–water partition coefficient (Wildman–Crippen LogP) is 4.32. The van der Waals surface area contributed by atoms with Crippen molar-refractivity contribution < 1.29 is 19.5 Å². The molecule has 0 saturated carbocycles. The molecule has 4 rings (SSSR count). The van der Waals surface area contributed by atoms with Gasteiger partial charge in [-0.3, -0.25) is 0 Å². The monoisotopic (exact) mass is 410 g/mol. The number of hydrogen-bond donors (Lipinski definition) is 1. The Labute approximate surface area is 180 Å². The average molecular weight is 411 g/mol. The van der Waals surface area contributed by atoms with Crippen LogP contribution in [0.3, 0.4) is 0 Å². The number of nitrogens with two attached hydrogens (primary N) is 1. The van der Waals surface area contributed by atoms with E-state index in [-0.39, 0.29) is 5.60 Å². The van der Waals surface area contributed by atoms with Gasteiger partial charge >= 0.3 is 0 Å². The maximum Gasteiger partial charge on any atom is 0.231 e. The van der Waals surface area contributed by atoms with E-state index in [0.717, 1.165) is 43.0 Å². The van der Waals surface area contributed by atoms with Gasteiger partial charge < -0.3 is 19.5 Å². The number of fused-ring (bicyclic) bond motifs is 1. The number of rotatable bonds is 9. The van der Waals surface area contributed by atoms with Gasteiger partial charge in [0.05, 0.1) is 12.1 Å². The fourth-order valence-corrected chi connectivity index (χ4v) is 4.96. The minimum atomic E-state index is 0.0172. The number of quaternary nitrogens is 1. The number of hydrogen-bond acceptors (Lipinski definition) is 3. The first-order valence-corrected chi connectivity index (χ1v) is 11.5. The molecule has 2 N–H and O–H groups in total. The zero-order valence-corrected chi connectivity index (χ0v) is 18.4. The first kappa shape index (κ1) is 21.2. The van der Waals surface area contributed by atoms with Crippen LogP contribution < -0.4 is 14.8 Å². The van der Waals surface area contributed by atoms with Crippen molar-refractivity contribution >= 4 is 0 Å². The molecule has 0 radical (unpaired) electrons. The summed E-state index contributed by atoms with van der Waals surface area (Å²) < 4.78 is 16.9. The summed E-state index contributed by atoms with van der Waals surface area (Å²) in [5, 5.41) is 2.42. The molecule has 1 fully saturated rings. The summed E-state index contributed by atoms with van der Waals surface area (Å²) in [6, 6.07) is 17.3. The SMILES string of the molecule is CC1(C)C[C@@H]([C@@H](CCC[NH2+]Cc2ccc3c(c2)OCO3)Cc2ccccc2)CCO1. The molecular formula is C26H36NO3+. The Bertz CT molecular complexity index is 805. The highest BCUT2D eigenvalue weighted by Gasteiger charge is 2.33. The molecule has 2 atom stereocenters. The maximum atomic E-state index is 5.99. The molecule has 0 amide bonds. The van der Waals surface area contributed by atoms with Crippen molar-refractivity contribution in [3.63, 3.8) is 0 Å². The Morgan fingerprint density at radius 1 is 1.03 bits per heavy atom. The van der Waals surface area contributed by atoms with Crippen LogP contribution >= 0.6 is 0 Å². The normalized spacial score (nSPS) is 20.8. The Morgan fingerprint density at radius 3 is 2.70 bits per heavy atom. The van der Waals surface area contributed by atoms with Crippen molar-refractivity contribution in [2.24, 2.45) is 11.8 Å². The van der Waals surface area contributed by atoms with E-state index in [2.05, 4.69) is 61.6 Å². The van der Waals surface area contributed by atoms with Crippen LogP contribution in [-0.2, 0) is 17.7 Å². The van der Waals surface area contributed by atoms with Gasteiger partial charge in [-0.15, -0.1) is 0 Å². The summed E-state index contributed by atoms with van der Waals surface area (Å²) in [7, 11) is 0. The van der Waals surface area contributed by atoms with Crippen molar-refractivity contribution in [1.29, 1.82) is 0 Å². The second-order valence-corrected chi connectivity index (χ2v) is 9.42. The van der Waals surface area contributed by atoms with Gasteiger partial charge in [0.1, 0.15) is 6.54 Å². The quantitative estimate of drug-likeness (QED) is 0.626. The van der Waals surface area contributed by atoms with E-state index in [1.807, 2.05) is 6.07 Å². The van der Waals surface area contributed by atoms with Gasteiger partial charge in [-0.25, -0.2) is 0 Å². The molecule has 2 heterocycles. The lowest BCUT2D eigenvalue weighted by atomic mass is 9.75. The lowest BCUT2D eigenvalue weighted by Gasteiger charge is -2.39. The first-order valence-electron chi connectivity index (χ1n) is 11.5. The zero-order valence-electron chi connectivity index (χ0n) is 18.4. The summed E-state index contributed by atoms with van der Waals surface area (Å²) in [5.41, 5.74) is 2.78. The molecule has 4 heteroatoms. The highest BCUT2D eigenvalue weighted by molar-refractivity contribution is 5.44. The molecule has 2 aromatic rings. The third kappa shape index (κ3) is 5.77. The van der Waals surface area contributed by atoms with Crippen molar-refractivity contribution in [2.45, 2.75) is 58.1 Å². The summed E-state index contributed by atoms with van der Waals surface area (Å²) in [6.45, 7) is 7.89. The highest BCUT2D eigenvalue weighted by Crippen LogP contribution is 2.37. The van der Waals surface area contributed by atoms with Gasteiger partial charge in [0.2, 0.25) is 6.79 Å². The van der Waals surface area contributed by atoms with E-state index in [1.54, 1.807) is 0 Å². The van der Waals surface area contributed by atoms with E-state index >= 15 is 0 Å². The number of ether oxygens (including phenoxy) is 3. The molecule has 0 unspecified atom stereocenters. The Kier molecular flexibility index (Phi) is 6.96. The largest absolute Gasteiger partial charge is 0.454 e. The van der Waals surface area contributed by atoms with Gasteiger partial charge in [0.15, 0.2) is 11.5 Å². The molecule has 0 aliphatic carbocycles. The minimum Gasteiger partial charge on any atom is -0.454 e. The van der Waals surface area contributed by atoms with Crippen LogP contribution in [0.25, 0.3) is 0 Å². The van der Waals surface area contributed by atoms with Gasteiger partial charge in [-0.1, -0.05) is 30.3 Å². The molecule has 2 aliphatic heterocycles. The average Bonchev–Trinajstić information content (AvgIpc) is 3.20. The summed E-state index contributed by atoms with van der Waals surface area (Å²) in [5.74, 6) is 3.23. The zero-order chi connectivity index (χ0) is 20.8. The van der Waals surface area contributed by atoms with Gasteiger partial charge in [-0.05, 0) is 81.5 Å². The summed E-state index contributed by atoms with van der Waals surface area (Å²) >= 11 is 0. The van der Waals surface area contributed by atoms with E-state index in [4.69, 9.17) is 14.2 Å². The fourth-order valence-electron chi connectivity index (χ4n) is 4.96. The van der Waals surface area contributed by atoms with E-state index in [1.165, 1.54) is 43.2 Å². The van der Waals surface area contributed by atoms with E-state index in [0.29, 0.717) is 6.79 Å². The molecule has 0 bridgehead atoms. The van der Waals surface area contributed by atoms with Crippen molar-refractivity contribution in [1.82, 2.24) is 0 Å². The van der Waals surface area contributed by atoms with Crippen LogP contribution in [0.15, 0.2) is 48.5 Å². The Morgan fingerprint density at radius 2 is 1.87 bits per heavy atom. The molecular weight excluding hydrogens is 374 g/mol. The van der Waals surface area contributed by atoms with Gasteiger partial charge in [0.25, 0.3) is 0 Å². The molecule has 162 valence electrons. The summed E-state index contributed by atoms with van der Waals surface area (Å²) in [6.07, 6.45) is 6.09. The fraction of sp³-hybridized carbons (Fsp3) is 0.538. The molecule has 0 spiro atoms. The lowest BCUT2D eigenvalue weighted by molar-refractivity contribution is -0.671. The van der Waals surface area contributed by atoms with Crippen LogP contribution in [0.2, 0.25) is 0 Å². The molecule has 0 aromatic heterocycles. The van der Waals surface area contributed by atoms with Crippen LogP contribution in [0.4, 0.5) is 0 Å². The molecule has 2 aliphatic rings. The molecule has 2 aromatic carbocycles. The minimum absolute atomic E-state index is 0.0172. The van der Waals surface area contributed by atoms with Gasteiger partial charge in [-0.2, -0.15) is 0 Å². The van der Waals surface area contributed by atoms with E-state index in [9.17, 15) is 0 Å². The van der Waals surface area contributed by atoms with E-state index < -0.39 is 0 Å². The second-order valence-electron chi connectivity index (χ2n) is 9.42. The molecule has 4 nitrogen and oxygen atoms in total.